The third-order valence-corrected chi connectivity index (χ3v) is 6.12. The van der Waals surface area contributed by atoms with E-state index in [2.05, 4.69) is 71.5 Å². The highest BCUT2D eigenvalue weighted by molar-refractivity contribution is 6.03. The van der Waals surface area contributed by atoms with Crippen LogP contribution in [0.25, 0.3) is 44.3 Å². The summed E-state index contributed by atoms with van der Waals surface area (Å²) in [7, 11) is 0. The Morgan fingerprint density at radius 1 is 0.727 bits per heavy atom. The summed E-state index contributed by atoms with van der Waals surface area (Å²) in [5, 5.41) is 34.2. The van der Waals surface area contributed by atoms with Crippen LogP contribution in [0.3, 0.4) is 0 Å². The molecule has 0 amide bonds. The molecule has 0 bridgehead atoms. The van der Waals surface area contributed by atoms with Crippen molar-refractivity contribution in [1.29, 1.82) is 0 Å². The quantitative estimate of drug-likeness (QED) is 0.319. The molecule has 3 N–H and O–H groups in total. The van der Waals surface area contributed by atoms with Crippen molar-refractivity contribution in [2.45, 2.75) is 46.5 Å². The van der Waals surface area contributed by atoms with E-state index in [4.69, 9.17) is 0 Å². The number of phenols is 1. The molecule has 0 saturated carbocycles. The summed E-state index contributed by atoms with van der Waals surface area (Å²) >= 11 is 0. The number of H-pyrrole nitrogens is 2. The van der Waals surface area contributed by atoms with Crippen LogP contribution in [0.4, 0.5) is 0 Å². The van der Waals surface area contributed by atoms with Gasteiger partial charge < -0.3 is 5.11 Å². The molecule has 0 spiro atoms. The summed E-state index contributed by atoms with van der Waals surface area (Å²) in [6.45, 7) is 11.2. The first-order valence-corrected chi connectivity index (χ1v) is 11.1. The lowest BCUT2D eigenvalue weighted by atomic mass is 9.71. The molecule has 3 aromatic carbocycles. The van der Waals surface area contributed by atoms with Crippen LogP contribution >= 0.6 is 0 Å². The monoisotopic (exact) mass is 440 g/mol. The average molecular weight is 441 g/mol. The van der Waals surface area contributed by atoms with Crippen LogP contribution in [-0.2, 0) is 5.41 Å². The maximum Gasteiger partial charge on any atom is 0.124 e. The van der Waals surface area contributed by atoms with Gasteiger partial charge in [0.1, 0.15) is 27.8 Å². The molecule has 0 atom stereocenters. The van der Waals surface area contributed by atoms with Crippen LogP contribution in [-0.4, -0.2) is 35.9 Å². The molecule has 0 unspecified atom stereocenters. The lowest BCUT2D eigenvalue weighted by molar-refractivity contribution is 0.283. The predicted octanol–water partition coefficient (Wildman–Crippen LogP) is 5.98. The Morgan fingerprint density at radius 2 is 1.30 bits per heavy atom. The maximum absolute atomic E-state index is 11.5. The van der Waals surface area contributed by atoms with Crippen molar-refractivity contribution < 1.29 is 5.11 Å². The third kappa shape index (κ3) is 3.73. The first-order chi connectivity index (χ1) is 15.6. The number of aromatic amines is 2. The number of nitrogens with zero attached hydrogens (tertiary/aromatic N) is 4. The van der Waals surface area contributed by atoms with Crippen LogP contribution in [0.15, 0.2) is 48.5 Å². The van der Waals surface area contributed by atoms with Crippen molar-refractivity contribution in [3.05, 3.63) is 54.1 Å². The van der Waals surface area contributed by atoms with Crippen molar-refractivity contribution in [2.75, 3.05) is 0 Å². The fourth-order valence-corrected chi connectivity index (χ4v) is 5.10. The van der Waals surface area contributed by atoms with Gasteiger partial charge in [-0.15, -0.1) is 0 Å². The molecule has 2 aromatic heterocycles. The summed E-state index contributed by atoms with van der Waals surface area (Å²) in [6.07, 6.45) is 0.964. The van der Waals surface area contributed by atoms with Crippen LogP contribution in [0, 0.1) is 5.41 Å². The van der Waals surface area contributed by atoms with Crippen LogP contribution in [0.2, 0.25) is 0 Å². The fraction of sp³-hybridized carbons (Fsp3) is 0.308. The molecule has 0 aliphatic heterocycles. The van der Waals surface area contributed by atoms with Gasteiger partial charge in [0.2, 0.25) is 0 Å². The molecule has 0 aliphatic carbocycles. The molecule has 7 nitrogen and oxygen atoms in total. The number of benzene rings is 3. The van der Waals surface area contributed by atoms with Crippen molar-refractivity contribution in [2.24, 2.45) is 5.41 Å². The Morgan fingerprint density at radius 3 is 1.91 bits per heavy atom. The Hall–Kier alpha value is -3.74. The zero-order valence-corrected chi connectivity index (χ0v) is 19.6. The number of phenolic OH excluding ortho intramolecular Hbond substituents is 1. The minimum atomic E-state index is -0.152. The maximum atomic E-state index is 11.5. The minimum Gasteiger partial charge on any atom is -0.507 e. The molecular formula is C26H28N6O. The smallest absolute Gasteiger partial charge is 0.124 e. The van der Waals surface area contributed by atoms with Gasteiger partial charge in [-0.05, 0) is 52.6 Å². The third-order valence-electron chi connectivity index (χ3n) is 6.12. The number of rotatable bonds is 4. The predicted molar refractivity (Wildman–Crippen MR) is 131 cm³/mol. The van der Waals surface area contributed by atoms with Gasteiger partial charge in [0.15, 0.2) is 0 Å². The SMILES string of the molecule is CC(C)(C)CC(C)(C)c1cc(O)c(-c2cccc3n[nH]nc23)c(-c2cccc3n[nH]nc23)c1. The van der Waals surface area contributed by atoms with E-state index >= 15 is 0 Å². The number of nitrogens with one attached hydrogen (secondary N) is 2. The summed E-state index contributed by atoms with van der Waals surface area (Å²) < 4.78 is 0. The Labute approximate surface area is 192 Å². The molecule has 0 fully saturated rings. The highest BCUT2D eigenvalue weighted by Gasteiger charge is 2.30. The lowest BCUT2D eigenvalue weighted by Gasteiger charge is -2.33. The molecule has 5 rings (SSSR count). The van der Waals surface area contributed by atoms with Crippen molar-refractivity contribution in [1.82, 2.24) is 30.8 Å². The van der Waals surface area contributed by atoms with E-state index in [1.54, 1.807) is 0 Å². The van der Waals surface area contributed by atoms with Gasteiger partial charge in [-0.1, -0.05) is 58.9 Å². The Balaban J connectivity index is 1.83. The Bertz CT molecular complexity index is 1470. The topological polar surface area (TPSA) is 103 Å². The van der Waals surface area contributed by atoms with Crippen LogP contribution in [0.1, 0.15) is 46.6 Å². The number of aromatic nitrogens is 6. The Kier molecular flexibility index (Phi) is 4.74. The first-order valence-electron chi connectivity index (χ1n) is 11.1. The molecule has 0 radical (unpaired) electrons. The molecule has 2 heterocycles. The molecule has 5 aromatic rings. The highest BCUT2D eigenvalue weighted by atomic mass is 16.3. The number of para-hydroxylation sites is 2. The van der Waals surface area contributed by atoms with Gasteiger partial charge >= 0.3 is 0 Å². The second-order valence-electron chi connectivity index (χ2n) is 10.5. The van der Waals surface area contributed by atoms with Crippen LogP contribution < -0.4 is 0 Å². The molecule has 168 valence electrons. The molecule has 0 aliphatic rings. The second-order valence-corrected chi connectivity index (χ2v) is 10.5. The van der Waals surface area contributed by atoms with E-state index in [-0.39, 0.29) is 16.6 Å². The minimum absolute atomic E-state index is 0.135. The highest BCUT2D eigenvalue weighted by Crippen LogP contribution is 2.46. The molecular weight excluding hydrogens is 412 g/mol. The summed E-state index contributed by atoms with van der Waals surface area (Å²) in [5.74, 6) is 0.209. The van der Waals surface area contributed by atoms with E-state index in [0.717, 1.165) is 45.2 Å². The largest absolute Gasteiger partial charge is 0.507 e. The van der Waals surface area contributed by atoms with E-state index in [1.807, 2.05) is 42.5 Å². The van der Waals surface area contributed by atoms with E-state index < -0.39 is 0 Å². The summed E-state index contributed by atoms with van der Waals surface area (Å²) in [6, 6.07) is 15.8. The number of hydrogen-bond donors (Lipinski definition) is 3. The van der Waals surface area contributed by atoms with Gasteiger partial charge in [0.25, 0.3) is 0 Å². The van der Waals surface area contributed by atoms with Gasteiger partial charge in [-0.3, -0.25) is 0 Å². The average Bonchev–Trinajstić information content (AvgIpc) is 3.40. The fourth-order valence-electron chi connectivity index (χ4n) is 5.10. The van der Waals surface area contributed by atoms with Gasteiger partial charge in [-0.25, -0.2) is 0 Å². The zero-order chi connectivity index (χ0) is 23.4. The molecule has 0 saturated heterocycles. The van der Waals surface area contributed by atoms with Crippen LogP contribution in [0.5, 0.6) is 5.75 Å². The van der Waals surface area contributed by atoms with Gasteiger partial charge in [-0.2, -0.15) is 30.8 Å². The van der Waals surface area contributed by atoms with Crippen molar-refractivity contribution >= 4 is 22.1 Å². The second kappa shape index (κ2) is 7.40. The van der Waals surface area contributed by atoms with Gasteiger partial charge in [0, 0.05) is 16.7 Å². The number of hydrogen-bond acceptors (Lipinski definition) is 5. The van der Waals surface area contributed by atoms with Gasteiger partial charge in [0.05, 0.1) is 0 Å². The number of fused-ring (bicyclic) bond motifs is 2. The van der Waals surface area contributed by atoms with E-state index in [1.165, 1.54) is 0 Å². The van der Waals surface area contributed by atoms with E-state index in [9.17, 15) is 5.11 Å². The normalized spacial score (nSPS) is 12.6. The zero-order valence-electron chi connectivity index (χ0n) is 19.6. The standard InChI is InChI=1S/C26H28N6O/c1-25(2,3)14-26(4,5)15-12-18(16-8-6-10-19-23(16)29-31-27-19)22(21(33)13-15)17-9-7-11-20-24(17)30-32-28-20/h6-13,33H,14H2,1-5H3,(H,27,29,31)(H,28,30,32). The van der Waals surface area contributed by atoms with E-state index in [0.29, 0.717) is 11.1 Å². The van der Waals surface area contributed by atoms with Crippen molar-refractivity contribution in [3.63, 3.8) is 0 Å². The summed E-state index contributed by atoms with van der Waals surface area (Å²) in [5.41, 5.74) is 7.36. The van der Waals surface area contributed by atoms with Crippen molar-refractivity contribution in [3.8, 4) is 28.0 Å². The first kappa shape index (κ1) is 21.1. The molecule has 33 heavy (non-hydrogen) atoms. The molecule has 7 heteroatoms. The number of aromatic hydroxyl groups is 1. The lowest BCUT2D eigenvalue weighted by Crippen LogP contribution is -2.25. The summed E-state index contributed by atoms with van der Waals surface area (Å²) in [4.78, 5) is 0.